The highest BCUT2D eigenvalue weighted by atomic mass is 32.1. The number of hydrogen-bond donors (Lipinski definition) is 2. The predicted octanol–water partition coefficient (Wildman–Crippen LogP) is 1.85. The lowest BCUT2D eigenvalue weighted by Crippen LogP contribution is -2.46. The highest BCUT2D eigenvalue weighted by Gasteiger charge is 2.23. The molecule has 1 aromatic carbocycles. The van der Waals surface area contributed by atoms with E-state index in [0.717, 1.165) is 25.2 Å². The third-order valence-corrected chi connectivity index (χ3v) is 4.34. The van der Waals surface area contributed by atoms with E-state index in [2.05, 4.69) is 32.6 Å². The molecule has 0 saturated carbocycles. The van der Waals surface area contributed by atoms with Gasteiger partial charge in [0.1, 0.15) is 17.3 Å². The first kappa shape index (κ1) is 19.1. The molecule has 1 aliphatic heterocycles. The number of hydrogen-bond acceptors (Lipinski definition) is 5. The fourth-order valence-electron chi connectivity index (χ4n) is 3.01. The fourth-order valence-corrected chi connectivity index (χ4v) is 3.06. The van der Waals surface area contributed by atoms with Gasteiger partial charge < -0.3 is 10.6 Å². The summed E-state index contributed by atoms with van der Waals surface area (Å²) in [5.41, 5.74) is 8.99. The van der Waals surface area contributed by atoms with E-state index in [1.807, 2.05) is 18.3 Å². The van der Waals surface area contributed by atoms with Crippen LogP contribution in [0.4, 0.5) is 14.5 Å². The Kier molecular flexibility index (Phi) is 6.25. The Labute approximate surface area is 161 Å². The van der Waals surface area contributed by atoms with Crippen LogP contribution < -0.4 is 16.1 Å². The molecule has 3 N–H and O–H groups in total. The van der Waals surface area contributed by atoms with Crippen molar-refractivity contribution in [3.05, 3.63) is 59.4 Å². The maximum absolute atomic E-state index is 14.5. The summed E-state index contributed by atoms with van der Waals surface area (Å²) in [7, 11) is 0. The highest BCUT2D eigenvalue weighted by molar-refractivity contribution is 7.80. The van der Waals surface area contributed by atoms with Crippen LogP contribution in [0, 0.1) is 11.6 Å². The number of halogens is 2. The molecule has 142 valence electrons. The molecule has 1 saturated heterocycles. The number of benzene rings is 1. The fraction of sp³-hybridized carbons (Fsp3) is 0.278. The average Bonchev–Trinajstić information content (AvgIpc) is 2.63. The van der Waals surface area contributed by atoms with Gasteiger partial charge in [0.05, 0.1) is 6.21 Å². The van der Waals surface area contributed by atoms with Gasteiger partial charge in [-0.2, -0.15) is 5.10 Å². The lowest BCUT2D eigenvalue weighted by Gasteiger charge is -2.36. The first-order chi connectivity index (χ1) is 13.0. The summed E-state index contributed by atoms with van der Waals surface area (Å²) in [6.07, 6.45) is 4.83. The Morgan fingerprint density at radius 2 is 1.96 bits per heavy atom. The normalized spacial score (nSPS) is 15.3. The summed E-state index contributed by atoms with van der Waals surface area (Å²) in [5.74, 6) is -1.24. The Morgan fingerprint density at radius 1 is 1.26 bits per heavy atom. The van der Waals surface area contributed by atoms with Crippen LogP contribution in [0.15, 0.2) is 41.8 Å². The van der Waals surface area contributed by atoms with E-state index < -0.39 is 11.6 Å². The Morgan fingerprint density at radius 3 is 2.56 bits per heavy atom. The zero-order valence-corrected chi connectivity index (χ0v) is 15.4. The lowest BCUT2D eigenvalue weighted by molar-refractivity contribution is 0.248. The molecule has 0 atom stereocenters. The molecule has 2 heterocycles. The molecule has 9 heteroatoms. The molecule has 6 nitrogen and oxygen atoms in total. The number of nitrogens with zero attached hydrogens (tertiary/aromatic N) is 4. The van der Waals surface area contributed by atoms with Crippen molar-refractivity contribution >= 4 is 29.2 Å². The van der Waals surface area contributed by atoms with Crippen LogP contribution in [0.2, 0.25) is 0 Å². The zero-order chi connectivity index (χ0) is 19.2. The van der Waals surface area contributed by atoms with Gasteiger partial charge in [0, 0.05) is 50.7 Å². The molecular formula is C18H20F2N6S. The van der Waals surface area contributed by atoms with E-state index in [-0.39, 0.29) is 16.4 Å². The third kappa shape index (κ3) is 5.18. The van der Waals surface area contributed by atoms with Crippen molar-refractivity contribution in [2.45, 2.75) is 6.54 Å². The largest absolute Gasteiger partial charge is 0.375 e. The zero-order valence-electron chi connectivity index (χ0n) is 14.6. The second-order valence-corrected chi connectivity index (χ2v) is 6.63. The van der Waals surface area contributed by atoms with Crippen molar-refractivity contribution in [3.63, 3.8) is 0 Å². The SMILES string of the molecule is NC(=S)NN=Cc1cc(F)c(N2CCN(Cc3cccnc3)CC2)c(F)c1. The van der Waals surface area contributed by atoms with Crippen molar-refractivity contribution in [2.24, 2.45) is 10.8 Å². The number of nitrogens with two attached hydrogens (primary N) is 1. The maximum Gasteiger partial charge on any atom is 0.184 e. The summed E-state index contributed by atoms with van der Waals surface area (Å²) in [6.45, 7) is 3.30. The van der Waals surface area contributed by atoms with Crippen LogP contribution in [-0.2, 0) is 6.54 Å². The summed E-state index contributed by atoms with van der Waals surface area (Å²) in [5, 5.41) is 3.70. The summed E-state index contributed by atoms with van der Waals surface area (Å²) in [6, 6.07) is 6.40. The van der Waals surface area contributed by atoms with E-state index >= 15 is 0 Å². The van der Waals surface area contributed by atoms with Crippen molar-refractivity contribution in [1.82, 2.24) is 15.3 Å². The van der Waals surface area contributed by atoms with E-state index in [4.69, 9.17) is 5.73 Å². The molecule has 3 rings (SSSR count). The van der Waals surface area contributed by atoms with Crippen LogP contribution >= 0.6 is 12.2 Å². The number of piperazine rings is 1. The van der Waals surface area contributed by atoms with E-state index in [1.165, 1.54) is 18.3 Å². The van der Waals surface area contributed by atoms with Crippen LogP contribution in [-0.4, -0.2) is 47.4 Å². The first-order valence-electron chi connectivity index (χ1n) is 8.46. The second kappa shape index (κ2) is 8.83. The molecule has 1 fully saturated rings. The highest BCUT2D eigenvalue weighted by Crippen LogP contribution is 2.26. The van der Waals surface area contributed by atoms with Gasteiger partial charge in [0.2, 0.25) is 0 Å². The van der Waals surface area contributed by atoms with Crippen LogP contribution in [0.1, 0.15) is 11.1 Å². The van der Waals surface area contributed by atoms with Gasteiger partial charge >= 0.3 is 0 Å². The standard InChI is InChI=1S/C18H20F2N6S/c19-15-8-14(11-23-24-18(21)27)9-16(20)17(15)26-6-4-25(5-7-26)12-13-2-1-3-22-10-13/h1-3,8-11H,4-7,12H2,(H3,21,24,27). The number of nitrogens with one attached hydrogen (secondary N) is 1. The van der Waals surface area contributed by atoms with Gasteiger partial charge in [-0.1, -0.05) is 6.07 Å². The van der Waals surface area contributed by atoms with Crippen molar-refractivity contribution in [3.8, 4) is 0 Å². The van der Waals surface area contributed by atoms with Gasteiger partial charge in [-0.15, -0.1) is 0 Å². The molecule has 27 heavy (non-hydrogen) atoms. The third-order valence-electron chi connectivity index (χ3n) is 4.25. The molecule has 0 spiro atoms. The molecule has 1 aliphatic rings. The van der Waals surface area contributed by atoms with Crippen LogP contribution in [0.25, 0.3) is 0 Å². The molecule has 0 bridgehead atoms. The molecule has 1 aromatic heterocycles. The summed E-state index contributed by atoms with van der Waals surface area (Å²) < 4.78 is 29.0. The number of hydrazone groups is 1. The quantitative estimate of drug-likeness (QED) is 0.461. The first-order valence-corrected chi connectivity index (χ1v) is 8.87. The Hall–Kier alpha value is -2.65. The summed E-state index contributed by atoms with van der Waals surface area (Å²) >= 11 is 4.61. The van der Waals surface area contributed by atoms with E-state index in [0.29, 0.717) is 13.1 Å². The minimum Gasteiger partial charge on any atom is -0.375 e. The molecule has 0 aliphatic carbocycles. The number of thiocarbonyl (C=S) groups is 1. The topological polar surface area (TPSA) is 69.8 Å². The number of rotatable bonds is 5. The van der Waals surface area contributed by atoms with Crippen molar-refractivity contribution in [2.75, 3.05) is 31.1 Å². The molecule has 0 unspecified atom stereocenters. The van der Waals surface area contributed by atoms with Gasteiger partial charge in [0.25, 0.3) is 0 Å². The van der Waals surface area contributed by atoms with Gasteiger partial charge in [-0.3, -0.25) is 15.3 Å². The number of anilines is 1. The number of aromatic nitrogens is 1. The smallest absolute Gasteiger partial charge is 0.184 e. The van der Waals surface area contributed by atoms with E-state index in [1.54, 1.807) is 11.1 Å². The van der Waals surface area contributed by atoms with Crippen molar-refractivity contribution in [1.29, 1.82) is 0 Å². The molecule has 0 amide bonds. The minimum atomic E-state index is -0.618. The van der Waals surface area contributed by atoms with Crippen LogP contribution in [0.3, 0.4) is 0 Å². The predicted molar refractivity (Wildman–Crippen MR) is 106 cm³/mol. The molecule has 0 radical (unpaired) electrons. The van der Waals surface area contributed by atoms with Crippen LogP contribution in [0.5, 0.6) is 0 Å². The Balaban J connectivity index is 1.63. The van der Waals surface area contributed by atoms with E-state index in [9.17, 15) is 8.78 Å². The van der Waals surface area contributed by atoms with Gasteiger partial charge in [-0.25, -0.2) is 8.78 Å². The van der Waals surface area contributed by atoms with Gasteiger partial charge in [0.15, 0.2) is 5.11 Å². The average molecular weight is 390 g/mol. The second-order valence-electron chi connectivity index (χ2n) is 6.19. The lowest BCUT2D eigenvalue weighted by atomic mass is 10.1. The molecular weight excluding hydrogens is 370 g/mol. The monoisotopic (exact) mass is 390 g/mol. The number of pyridine rings is 1. The Bertz CT molecular complexity index is 799. The van der Waals surface area contributed by atoms with Gasteiger partial charge in [-0.05, 0) is 36.0 Å². The molecule has 2 aromatic rings. The maximum atomic E-state index is 14.5. The minimum absolute atomic E-state index is 0.00418. The van der Waals surface area contributed by atoms with Crippen molar-refractivity contribution < 1.29 is 8.78 Å². The summed E-state index contributed by atoms with van der Waals surface area (Å²) in [4.78, 5) is 8.09.